The van der Waals surface area contributed by atoms with Crippen molar-refractivity contribution in [3.05, 3.63) is 5.82 Å². The average molecular weight is 244 g/mol. The molecular formula is C10H20N4OS. The van der Waals surface area contributed by atoms with Gasteiger partial charge in [-0.3, -0.25) is 5.10 Å². The van der Waals surface area contributed by atoms with E-state index in [4.69, 9.17) is 4.74 Å². The fraction of sp³-hybridized carbons (Fsp3) is 0.800. The third-order valence-electron chi connectivity index (χ3n) is 2.02. The highest BCUT2D eigenvalue weighted by Gasteiger charge is 2.07. The number of nitrogens with zero attached hydrogens (tertiary/aromatic N) is 2. The van der Waals surface area contributed by atoms with E-state index in [1.54, 1.807) is 18.9 Å². The first-order valence-electron chi connectivity index (χ1n) is 5.47. The molecule has 1 heterocycles. The number of aromatic amines is 1. The van der Waals surface area contributed by atoms with E-state index in [2.05, 4.69) is 27.4 Å². The second-order valence-electron chi connectivity index (χ2n) is 3.68. The Morgan fingerprint density at radius 2 is 2.38 bits per heavy atom. The molecule has 0 fully saturated rings. The number of thioether (sulfide) groups is 1. The summed E-state index contributed by atoms with van der Waals surface area (Å²) < 4.78 is 4.98. The third kappa shape index (κ3) is 5.48. The molecule has 0 aliphatic heterocycles. The molecule has 1 aromatic rings. The van der Waals surface area contributed by atoms with Crippen LogP contribution >= 0.6 is 11.8 Å². The molecule has 1 aromatic heterocycles. The lowest BCUT2D eigenvalue weighted by atomic mass is 10.4. The maximum absolute atomic E-state index is 4.98. The van der Waals surface area contributed by atoms with Crippen LogP contribution in [0.4, 0.5) is 0 Å². The maximum atomic E-state index is 4.98. The van der Waals surface area contributed by atoms with E-state index in [9.17, 15) is 0 Å². The van der Waals surface area contributed by atoms with Crippen LogP contribution in [0.25, 0.3) is 0 Å². The van der Waals surface area contributed by atoms with Crippen molar-refractivity contribution in [2.75, 3.05) is 26.8 Å². The SMILES string of the molecule is COCCCNCC(C)Sc1n[nH]c(C)n1. The summed E-state index contributed by atoms with van der Waals surface area (Å²) in [4.78, 5) is 4.26. The Kier molecular flexibility index (Phi) is 6.44. The Hall–Kier alpha value is -0.590. The van der Waals surface area contributed by atoms with E-state index < -0.39 is 0 Å². The van der Waals surface area contributed by atoms with Gasteiger partial charge < -0.3 is 10.1 Å². The lowest BCUT2D eigenvalue weighted by Gasteiger charge is -2.09. The zero-order valence-corrected chi connectivity index (χ0v) is 10.9. The van der Waals surface area contributed by atoms with Crippen LogP contribution in [0.5, 0.6) is 0 Å². The van der Waals surface area contributed by atoms with Crippen LogP contribution in [0.1, 0.15) is 19.2 Å². The van der Waals surface area contributed by atoms with Gasteiger partial charge in [-0.15, -0.1) is 5.10 Å². The molecule has 5 nitrogen and oxygen atoms in total. The quantitative estimate of drug-likeness (QED) is 0.532. The minimum absolute atomic E-state index is 0.470. The normalized spacial score (nSPS) is 12.9. The summed E-state index contributed by atoms with van der Waals surface area (Å²) in [7, 11) is 1.73. The van der Waals surface area contributed by atoms with E-state index in [1.165, 1.54) is 0 Å². The fourth-order valence-electron chi connectivity index (χ4n) is 1.24. The van der Waals surface area contributed by atoms with Crippen molar-refractivity contribution in [1.29, 1.82) is 0 Å². The van der Waals surface area contributed by atoms with Gasteiger partial charge >= 0.3 is 0 Å². The summed E-state index contributed by atoms with van der Waals surface area (Å²) in [5.74, 6) is 0.864. The number of methoxy groups -OCH3 is 1. The monoisotopic (exact) mass is 244 g/mol. The van der Waals surface area contributed by atoms with E-state index in [0.717, 1.165) is 37.1 Å². The molecule has 0 radical (unpaired) electrons. The Balaban J connectivity index is 2.09. The summed E-state index contributed by atoms with van der Waals surface area (Å²) in [6, 6.07) is 0. The summed E-state index contributed by atoms with van der Waals surface area (Å²) >= 11 is 1.68. The topological polar surface area (TPSA) is 62.8 Å². The van der Waals surface area contributed by atoms with Crippen LogP contribution in [0.3, 0.4) is 0 Å². The van der Waals surface area contributed by atoms with Gasteiger partial charge in [-0.05, 0) is 19.9 Å². The van der Waals surface area contributed by atoms with Gasteiger partial charge in [0.25, 0.3) is 0 Å². The molecule has 1 unspecified atom stereocenters. The van der Waals surface area contributed by atoms with Gasteiger partial charge in [0, 0.05) is 25.5 Å². The van der Waals surface area contributed by atoms with Gasteiger partial charge in [0.05, 0.1) is 0 Å². The number of aryl methyl sites for hydroxylation is 1. The summed E-state index contributed by atoms with van der Waals surface area (Å²) in [6.45, 7) is 6.84. The molecule has 0 aliphatic carbocycles. The van der Waals surface area contributed by atoms with Gasteiger partial charge in [-0.25, -0.2) is 4.98 Å². The zero-order chi connectivity index (χ0) is 11.8. The molecule has 0 spiro atoms. The third-order valence-corrected chi connectivity index (χ3v) is 2.98. The number of hydrogen-bond acceptors (Lipinski definition) is 5. The van der Waals surface area contributed by atoms with Crippen LogP contribution < -0.4 is 5.32 Å². The molecular weight excluding hydrogens is 224 g/mol. The van der Waals surface area contributed by atoms with Crippen LogP contribution in [0.15, 0.2) is 5.16 Å². The molecule has 2 N–H and O–H groups in total. The van der Waals surface area contributed by atoms with Crippen LogP contribution in [-0.2, 0) is 4.74 Å². The van der Waals surface area contributed by atoms with Gasteiger partial charge in [0.2, 0.25) is 5.16 Å². The first-order valence-corrected chi connectivity index (χ1v) is 6.35. The highest BCUT2D eigenvalue weighted by molar-refractivity contribution is 7.99. The molecule has 0 bridgehead atoms. The Morgan fingerprint density at radius 1 is 1.56 bits per heavy atom. The minimum Gasteiger partial charge on any atom is -0.385 e. The second kappa shape index (κ2) is 7.65. The fourth-order valence-corrected chi connectivity index (χ4v) is 2.09. The van der Waals surface area contributed by atoms with Crippen LogP contribution in [0.2, 0.25) is 0 Å². The molecule has 16 heavy (non-hydrogen) atoms. The number of ether oxygens (including phenoxy) is 1. The number of hydrogen-bond donors (Lipinski definition) is 2. The van der Waals surface area contributed by atoms with Crippen LogP contribution in [-0.4, -0.2) is 47.2 Å². The van der Waals surface area contributed by atoms with Crippen molar-refractivity contribution in [2.24, 2.45) is 0 Å². The van der Waals surface area contributed by atoms with Crippen molar-refractivity contribution >= 4 is 11.8 Å². The van der Waals surface area contributed by atoms with E-state index >= 15 is 0 Å². The Bertz CT molecular complexity index is 292. The molecule has 92 valence electrons. The van der Waals surface area contributed by atoms with Crippen molar-refractivity contribution < 1.29 is 4.74 Å². The summed E-state index contributed by atoms with van der Waals surface area (Å²) in [6.07, 6.45) is 1.05. The van der Waals surface area contributed by atoms with Crippen molar-refractivity contribution in [2.45, 2.75) is 30.7 Å². The zero-order valence-electron chi connectivity index (χ0n) is 10.1. The molecule has 0 saturated carbocycles. The van der Waals surface area contributed by atoms with Gasteiger partial charge in [0.15, 0.2) is 0 Å². The van der Waals surface area contributed by atoms with Crippen LogP contribution in [0, 0.1) is 6.92 Å². The predicted octanol–water partition coefficient (Wildman–Crippen LogP) is 1.22. The maximum Gasteiger partial charge on any atom is 0.208 e. The second-order valence-corrected chi connectivity index (χ2v) is 5.09. The molecule has 0 aromatic carbocycles. The van der Waals surface area contributed by atoms with Gasteiger partial charge in [-0.2, -0.15) is 0 Å². The number of H-pyrrole nitrogens is 1. The van der Waals surface area contributed by atoms with Crippen molar-refractivity contribution in [3.8, 4) is 0 Å². The molecule has 1 rings (SSSR count). The van der Waals surface area contributed by atoms with Gasteiger partial charge in [-0.1, -0.05) is 18.7 Å². The molecule has 0 aliphatic rings. The lowest BCUT2D eigenvalue weighted by Crippen LogP contribution is -2.24. The molecule has 0 amide bonds. The molecule has 0 saturated heterocycles. The number of rotatable bonds is 8. The predicted molar refractivity (Wildman–Crippen MR) is 65.8 cm³/mol. The Morgan fingerprint density at radius 3 is 3.00 bits per heavy atom. The highest BCUT2D eigenvalue weighted by atomic mass is 32.2. The van der Waals surface area contributed by atoms with Crippen molar-refractivity contribution in [1.82, 2.24) is 20.5 Å². The molecule has 6 heteroatoms. The average Bonchev–Trinajstić information content (AvgIpc) is 2.63. The lowest BCUT2D eigenvalue weighted by molar-refractivity contribution is 0.194. The summed E-state index contributed by atoms with van der Waals surface area (Å²) in [5.41, 5.74) is 0. The van der Waals surface area contributed by atoms with E-state index in [0.29, 0.717) is 5.25 Å². The highest BCUT2D eigenvalue weighted by Crippen LogP contribution is 2.17. The largest absolute Gasteiger partial charge is 0.385 e. The molecule has 1 atom stereocenters. The standard InChI is InChI=1S/C10H20N4OS/c1-8(7-11-5-4-6-15-3)16-10-12-9(2)13-14-10/h8,11H,4-7H2,1-3H3,(H,12,13,14). The minimum atomic E-state index is 0.470. The summed E-state index contributed by atoms with van der Waals surface area (Å²) in [5, 5.41) is 11.6. The first kappa shape index (κ1) is 13.5. The van der Waals surface area contributed by atoms with Gasteiger partial charge in [0.1, 0.15) is 5.82 Å². The van der Waals surface area contributed by atoms with E-state index in [-0.39, 0.29) is 0 Å². The Labute approximate surface area is 101 Å². The smallest absolute Gasteiger partial charge is 0.208 e. The first-order chi connectivity index (χ1) is 7.72. The van der Waals surface area contributed by atoms with Crippen molar-refractivity contribution in [3.63, 3.8) is 0 Å². The number of nitrogens with one attached hydrogen (secondary N) is 2. The van der Waals surface area contributed by atoms with E-state index in [1.807, 2.05) is 6.92 Å². The number of aromatic nitrogens is 3.